The quantitative estimate of drug-likeness (QED) is 0.706. The average Bonchev–Trinajstić information content (AvgIpc) is 2.56. The molecule has 0 saturated carbocycles. The van der Waals surface area contributed by atoms with E-state index >= 15 is 0 Å². The van der Waals surface area contributed by atoms with Gasteiger partial charge in [0.1, 0.15) is 0 Å². The first kappa shape index (κ1) is 11.6. The van der Waals surface area contributed by atoms with Gasteiger partial charge >= 0.3 is 0 Å². The van der Waals surface area contributed by atoms with E-state index in [-0.39, 0.29) is 18.0 Å². The zero-order chi connectivity index (χ0) is 11.3. The molecule has 0 saturated heterocycles. The van der Waals surface area contributed by atoms with Crippen LogP contribution < -0.4 is 0 Å². The number of aliphatic hydroxyl groups is 1. The average molecular weight is 206 g/mol. The van der Waals surface area contributed by atoms with Crippen LogP contribution in [0.3, 0.4) is 0 Å². The van der Waals surface area contributed by atoms with Crippen LogP contribution in [0.2, 0.25) is 0 Å². The van der Waals surface area contributed by atoms with Gasteiger partial charge in [-0.25, -0.2) is 0 Å². The molecule has 1 aliphatic carbocycles. The number of benzene rings is 1. The Morgan fingerprint density at radius 1 is 1.27 bits per heavy atom. The lowest BCUT2D eigenvalue weighted by atomic mass is 10.1. The molecule has 0 heterocycles. The number of fused-ring (bicyclic) bond motifs is 1. The molecule has 0 aliphatic heterocycles. The minimum Gasteiger partial charge on any atom is -0.396 e. The molecule has 0 unspecified atom stereocenters. The molecule has 2 rings (SSSR count). The highest BCUT2D eigenvalue weighted by Gasteiger charge is 2.26. The number of rotatable bonds is 1. The standard InChI is InChI=1S/C9H6O2.C3H8O/c10-8-5-6-3-1-2-4-7(6)9(8)11;1-2-3-4/h1-4H,5H2;4H,2-3H2,1H3. The van der Waals surface area contributed by atoms with E-state index in [1.165, 1.54) is 0 Å². The Labute approximate surface area is 88.7 Å². The van der Waals surface area contributed by atoms with Crippen LogP contribution in [-0.4, -0.2) is 23.3 Å². The number of hydrogen-bond acceptors (Lipinski definition) is 3. The fourth-order valence-electron chi connectivity index (χ4n) is 1.30. The smallest absolute Gasteiger partial charge is 0.229 e. The van der Waals surface area contributed by atoms with Gasteiger partial charge in [0.2, 0.25) is 11.6 Å². The summed E-state index contributed by atoms with van der Waals surface area (Å²) in [5, 5.41) is 7.88. The zero-order valence-electron chi connectivity index (χ0n) is 8.69. The van der Waals surface area contributed by atoms with Gasteiger partial charge in [-0.3, -0.25) is 9.59 Å². The lowest BCUT2D eigenvalue weighted by Gasteiger charge is -1.90. The highest BCUT2D eigenvalue weighted by atomic mass is 16.2. The highest BCUT2D eigenvalue weighted by Crippen LogP contribution is 2.18. The van der Waals surface area contributed by atoms with Crippen LogP contribution in [0.25, 0.3) is 0 Å². The van der Waals surface area contributed by atoms with Crippen molar-refractivity contribution in [3.05, 3.63) is 35.4 Å². The Balaban J connectivity index is 0.000000245. The van der Waals surface area contributed by atoms with Crippen LogP contribution in [0.4, 0.5) is 0 Å². The van der Waals surface area contributed by atoms with Gasteiger partial charge < -0.3 is 5.11 Å². The fraction of sp³-hybridized carbons (Fsp3) is 0.333. The van der Waals surface area contributed by atoms with Gasteiger partial charge in [0, 0.05) is 18.6 Å². The van der Waals surface area contributed by atoms with Gasteiger partial charge in [0.05, 0.1) is 0 Å². The number of carbonyl (C=O) groups is 2. The third-order valence-electron chi connectivity index (χ3n) is 2.09. The third-order valence-corrected chi connectivity index (χ3v) is 2.09. The van der Waals surface area contributed by atoms with Crippen molar-refractivity contribution < 1.29 is 14.7 Å². The van der Waals surface area contributed by atoms with E-state index in [1.807, 2.05) is 19.1 Å². The van der Waals surface area contributed by atoms with Crippen molar-refractivity contribution >= 4 is 11.6 Å². The molecular weight excluding hydrogens is 192 g/mol. The summed E-state index contributed by atoms with van der Waals surface area (Å²) >= 11 is 0. The molecule has 1 aliphatic rings. The van der Waals surface area contributed by atoms with E-state index < -0.39 is 0 Å². The Morgan fingerprint density at radius 2 is 1.87 bits per heavy atom. The number of Topliss-reactive ketones (excluding diaryl/α,β-unsaturated/α-hetero) is 2. The Kier molecular flexibility index (Phi) is 4.18. The van der Waals surface area contributed by atoms with Crippen LogP contribution in [0, 0.1) is 0 Å². The maximum Gasteiger partial charge on any atom is 0.229 e. The van der Waals surface area contributed by atoms with E-state index in [0.29, 0.717) is 12.2 Å². The van der Waals surface area contributed by atoms with Crippen molar-refractivity contribution in [3.63, 3.8) is 0 Å². The lowest BCUT2D eigenvalue weighted by molar-refractivity contribution is -0.114. The van der Waals surface area contributed by atoms with Crippen LogP contribution in [0.5, 0.6) is 0 Å². The number of carbonyl (C=O) groups excluding carboxylic acids is 2. The molecule has 0 spiro atoms. The molecule has 0 radical (unpaired) electrons. The molecule has 0 aromatic heterocycles. The molecule has 1 aromatic rings. The Morgan fingerprint density at radius 3 is 2.40 bits per heavy atom. The van der Waals surface area contributed by atoms with Crippen molar-refractivity contribution in [2.75, 3.05) is 6.61 Å². The van der Waals surface area contributed by atoms with Crippen LogP contribution >= 0.6 is 0 Å². The van der Waals surface area contributed by atoms with Gasteiger partial charge in [0.25, 0.3) is 0 Å². The van der Waals surface area contributed by atoms with E-state index in [1.54, 1.807) is 12.1 Å². The monoisotopic (exact) mass is 206 g/mol. The first-order valence-electron chi connectivity index (χ1n) is 4.97. The predicted molar refractivity (Wildman–Crippen MR) is 56.9 cm³/mol. The summed E-state index contributed by atoms with van der Waals surface area (Å²) in [6.45, 7) is 2.25. The molecule has 3 nitrogen and oxygen atoms in total. The van der Waals surface area contributed by atoms with E-state index in [9.17, 15) is 9.59 Å². The summed E-state index contributed by atoms with van der Waals surface area (Å²) in [6.07, 6.45) is 1.16. The van der Waals surface area contributed by atoms with Gasteiger partial charge in [-0.05, 0) is 12.0 Å². The fourth-order valence-corrected chi connectivity index (χ4v) is 1.30. The van der Waals surface area contributed by atoms with Gasteiger partial charge in [-0.1, -0.05) is 31.2 Å². The maximum atomic E-state index is 11.0. The van der Waals surface area contributed by atoms with Crippen molar-refractivity contribution in [2.45, 2.75) is 19.8 Å². The van der Waals surface area contributed by atoms with Gasteiger partial charge in [-0.15, -0.1) is 0 Å². The van der Waals surface area contributed by atoms with Gasteiger partial charge in [-0.2, -0.15) is 0 Å². The normalized spacial score (nSPS) is 13.2. The minimum absolute atomic E-state index is 0.286. The van der Waals surface area contributed by atoms with Crippen molar-refractivity contribution in [3.8, 4) is 0 Å². The summed E-state index contributed by atoms with van der Waals surface area (Å²) in [7, 11) is 0. The molecule has 15 heavy (non-hydrogen) atoms. The van der Waals surface area contributed by atoms with Crippen LogP contribution in [-0.2, 0) is 11.2 Å². The zero-order valence-corrected chi connectivity index (χ0v) is 8.69. The Hall–Kier alpha value is -1.48. The number of hydrogen-bond donors (Lipinski definition) is 1. The minimum atomic E-state index is -0.333. The number of aliphatic hydroxyl groups excluding tert-OH is 1. The third kappa shape index (κ3) is 2.73. The van der Waals surface area contributed by atoms with Crippen molar-refractivity contribution in [2.24, 2.45) is 0 Å². The summed E-state index contributed by atoms with van der Waals surface area (Å²) in [5.41, 5.74) is 1.44. The Bertz CT molecular complexity index is 367. The summed E-state index contributed by atoms with van der Waals surface area (Å²) in [4.78, 5) is 21.9. The molecule has 0 fully saturated rings. The summed E-state index contributed by atoms with van der Waals surface area (Å²) in [5.74, 6) is -0.619. The lowest BCUT2D eigenvalue weighted by Crippen LogP contribution is -2.05. The van der Waals surface area contributed by atoms with E-state index in [0.717, 1.165) is 12.0 Å². The molecule has 3 heteroatoms. The maximum absolute atomic E-state index is 11.0. The molecule has 0 amide bonds. The molecular formula is C12H14O3. The largest absolute Gasteiger partial charge is 0.396 e. The SMILES string of the molecule is CCCO.O=C1Cc2ccccc2C1=O. The molecule has 1 aromatic carbocycles. The first-order valence-corrected chi connectivity index (χ1v) is 4.97. The highest BCUT2D eigenvalue weighted by molar-refractivity contribution is 6.47. The molecule has 0 atom stereocenters. The van der Waals surface area contributed by atoms with E-state index in [4.69, 9.17) is 5.11 Å². The predicted octanol–water partition coefficient (Wildman–Crippen LogP) is 1.38. The van der Waals surface area contributed by atoms with Crippen molar-refractivity contribution in [1.29, 1.82) is 0 Å². The van der Waals surface area contributed by atoms with Gasteiger partial charge in [0.15, 0.2) is 0 Å². The van der Waals surface area contributed by atoms with Crippen LogP contribution in [0.1, 0.15) is 29.3 Å². The summed E-state index contributed by atoms with van der Waals surface area (Å²) < 4.78 is 0. The summed E-state index contributed by atoms with van der Waals surface area (Å²) in [6, 6.07) is 7.13. The first-order chi connectivity index (χ1) is 7.20. The molecule has 80 valence electrons. The van der Waals surface area contributed by atoms with Crippen molar-refractivity contribution in [1.82, 2.24) is 0 Å². The van der Waals surface area contributed by atoms with E-state index in [2.05, 4.69) is 0 Å². The van der Waals surface area contributed by atoms with Crippen LogP contribution in [0.15, 0.2) is 24.3 Å². The molecule has 1 N–H and O–H groups in total. The topological polar surface area (TPSA) is 54.4 Å². The second-order valence-electron chi connectivity index (χ2n) is 3.31. The molecule has 0 bridgehead atoms. The number of ketones is 2. The second kappa shape index (κ2) is 5.41. The second-order valence-corrected chi connectivity index (χ2v) is 3.31.